The van der Waals surface area contributed by atoms with Crippen molar-refractivity contribution in [2.24, 2.45) is 11.7 Å². The Morgan fingerprint density at radius 3 is 3.12 bits per heavy atom. The van der Waals surface area contributed by atoms with Crippen molar-refractivity contribution in [2.75, 3.05) is 11.9 Å². The lowest BCUT2D eigenvalue weighted by Gasteiger charge is -2.09. The van der Waals surface area contributed by atoms with Gasteiger partial charge >= 0.3 is 0 Å². The quantitative estimate of drug-likeness (QED) is 0.817. The summed E-state index contributed by atoms with van der Waals surface area (Å²) in [6.07, 6.45) is 4.21. The van der Waals surface area contributed by atoms with Crippen molar-refractivity contribution in [1.82, 2.24) is 4.98 Å². The maximum absolute atomic E-state index is 11.8. The topological polar surface area (TPSA) is 68.0 Å². The molecule has 1 aliphatic rings. The summed E-state index contributed by atoms with van der Waals surface area (Å²) >= 11 is 1.52. The number of aromatic nitrogens is 1. The molecule has 0 bridgehead atoms. The first-order valence-corrected chi connectivity index (χ1v) is 7.05. The van der Waals surface area contributed by atoms with Crippen molar-refractivity contribution in [3.05, 3.63) is 11.1 Å². The van der Waals surface area contributed by atoms with Gasteiger partial charge in [-0.05, 0) is 32.2 Å². The maximum Gasteiger partial charge on any atom is 0.228 e. The lowest BCUT2D eigenvalue weighted by molar-refractivity contribution is -0.119. The highest BCUT2D eigenvalue weighted by Gasteiger charge is 2.26. The van der Waals surface area contributed by atoms with E-state index < -0.39 is 0 Å². The lowest BCUT2D eigenvalue weighted by atomic mass is 10.1. The number of carbonyl (C=O) groups excluding carboxylic acids is 1. The highest BCUT2D eigenvalue weighted by Crippen LogP contribution is 2.40. The van der Waals surface area contributed by atoms with Gasteiger partial charge < -0.3 is 11.1 Å². The molecule has 1 saturated carbocycles. The minimum absolute atomic E-state index is 0.00632. The highest BCUT2D eigenvalue weighted by atomic mass is 32.1. The molecule has 1 aromatic heterocycles. The van der Waals surface area contributed by atoms with E-state index in [0.29, 0.717) is 12.5 Å². The number of anilines is 1. The summed E-state index contributed by atoms with van der Waals surface area (Å²) < 4.78 is 0. The Morgan fingerprint density at radius 2 is 2.47 bits per heavy atom. The van der Waals surface area contributed by atoms with Crippen LogP contribution < -0.4 is 11.1 Å². The van der Waals surface area contributed by atoms with Crippen LogP contribution in [0.15, 0.2) is 5.38 Å². The molecule has 2 rings (SSSR count). The van der Waals surface area contributed by atoms with Crippen molar-refractivity contribution < 1.29 is 4.79 Å². The molecule has 3 N–H and O–H groups in total. The Bertz CT molecular complexity index is 387. The summed E-state index contributed by atoms with van der Waals surface area (Å²) in [7, 11) is 0. The third-order valence-corrected chi connectivity index (χ3v) is 3.81. The van der Waals surface area contributed by atoms with Gasteiger partial charge in [0.1, 0.15) is 0 Å². The standard InChI is InChI=1S/C12H19N3OS/c1-8(3-2-6-13)11(16)15-12-14-10(7-17-12)9-4-5-9/h7-9H,2-6,13H2,1H3,(H,14,15,16). The number of hydrogen-bond donors (Lipinski definition) is 2. The zero-order valence-electron chi connectivity index (χ0n) is 10.1. The predicted octanol–water partition coefficient (Wildman–Crippen LogP) is 2.33. The molecule has 0 saturated heterocycles. The molecule has 0 aliphatic heterocycles. The average Bonchev–Trinajstić information content (AvgIpc) is 3.07. The van der Waals surface area contributed by atoms with Gasteiger partial charge in [0.25, 0.3) is 0 Å². The Labute approximate surface area is 106 Å². The van der Waals surface area contributed by atoms with Crippen molar-refractivity contribution >= 4 is 22.4 Å². The Kier molecular flexibility index (Phi) is 4.12. The summed E-state index contributed by atoms with van der Waals surface area (Å²) in [5, 5.41) is 5.67. The van der Waals surface area contributed by atoms with E-state index in [1.54, 1.807) is 0 Å². The molecule has 5 heteroatoms. The number of carbonyl (C=O) groups is 1. The van der Waals surface area contributed by atoms with Crippen LogP contribution in [0.2, 0.25) is 0 Å². The van der Waals surface area contributed by atoms with Gasteiger partial charge in [-0.15, -0.1) is 11.3 Å². The fraction of sp³-hybridized carbons (Fsp3) is 0.667. The number of rotatable bonds is 6. The van der Waals surface area contributed by atoms with E-state index in [9.17, 15) is 4.79 Å². The third kappa shape index (κ3) is 3.51. The molecule has 1 unspecified atom stereocenters. The molecule has 0 radical (unpaired) electrons. The first kappa shape index (κ1) is 12.5. The van der Waals surface area contributed by atoms with E-state index in [-0.39, 0.29) is 11.8 Å². The molecule has 1 aromatic rings. The normalized spacial score (nSPS) is 16.8. The molecule has 1 aliphatic carbocycles. The van der Waals surface area contributed by atoms with Crippen molar-refractivity contribution in [3.8, 4) is 0 Å². The van der Waals surface area contributed by atoms with Gasteiger partial charge in [-0.1, -0.05) is 6.92 Å². The Morgan fingerprint density at radius 1 is 1.71 bits per heavy atom. The van der Waals surface area contributed by atoms with Gasteiger partial charge in [0.15, 0.2) is 5.13 Å². The predicted molar refractivity (Wildman–Crippen MR) is 70.2 cm³/mol. The van der Waals surface area contributed by atoms with E-state index in [1.807, 2.05) is 6.92 Å². The minimum atomic E-state index is 0.00632. The smallest absolute Gasteiger partial charge is 0.228 e. The van der Waals surface area contributed by atoms with Gasteiger partial charge in [0.2, 0.25) is 5.91 Å². The SMILES string of the molecule is CC(CCCN)C(=O)Nc1nc(C2CC2)cs1. The molecule has 1 heterocycles. The van der Waals surface area contributed by atoms with Crippen molar-refractivity contribution in [2.45, 2.75) is 38.5 Å². The minimum Gasteiger partial charge on any atom is -0.330 e. The van der Waals surface area contributed by atoms with Crippen molar-refractivity contribution in [3.63, 3.8) is 0 Å². The van der Waals surface area contributed by atoms with Gasteiger partial charge in [-0.25, -0.2) is 4.98 Å². The van der Waals surface area contributed by atoms with Crippen LogP contribution in [0, 0.1) is 5.92 Å². The third-order valence-electron chi connectivity index (χ3n) is 3.04. The van der Waals surface area contributed by atoms with E-state index in [1.165, 1.54) is 24.2 Å². The fourth-order valence-corrected chi connectivity index (χ4v) is 2.49. The zero-order valence-corrected chi connectivity index (χ0v) is 10.9. The second-order valence-electron chi connectivity index (χ2n) is 4.67. The number of hydrogen-bond acceptors (Lipinski definition) is 4. The maximum atomic E-state index is 11.8. The lowest BCUT2D eigenvalue weighted by Crippen LogP contribution is -2.21. The second kappa shape index (κ2) is 5.60. The monoisotopic (exact) mass is 253 g/mol. The van der Waals surface area contributed by atoms with E-state index >= 15 is 0 Å². The van der Waals surface area contributed by atoms with Gasteiger partial charge in [0.05, 0.1) is 5.69 Å². The Balaban J connectivity index is 1.83. The highest BCUT2D eigenvalue weighted by molar-refractivity contribution is 7.13. The number of amides is 1. The van der Waals surface area contributed by atoms with Crippen LogP contribution in [-0.2, 0) is 4.79 Å². The fourth-order valence-electron chi connectivity index (χ4n) is 1.69. The summed E-state index contributed by atoms with van der Waals surface area (Å²) in [4.78, 5) is 16.3. The van der Waals surface area contributed by atoms with Crippen LogP contribution in [0.5, 0.6) is 0 Å². The number of nitrogens with one attached hydrogen (secondary N) is 1. The zero-order chi connectivity index (χ0) is 12.3. The molecule has 1 fully saturated rings. The van der Waals surface area contributed by atoms with Crippen LogP contribution in [0.4, 0.5) is 5.13 Å². The second-order valence-corrected chi connectivity index (χ2v) is 5.53. The molecular formula is C12H19N3OS. The van der Waals surface area contributed by atoms with Gasteiger partial charge in [0, 0.05) is 17.2 Å². The van der Waals surface area contributed by atoms with Crippen LogP contribution >= 0.6 is 11.3 Å². The first-order valence-electron chi connectivity index (χ1n) is 6.17. The largest absolute Gasteiger partial charge is 0.330 e. The first-order chi connectivity index (χ1) is 8.20. The van der Waals surface area contributed by atoms with E-state index in [0.717, 1.165) is 23.7 Å². The summed E-state index contributed by atoms with van der Waals surface area (Å²) in [6.45, 7) is 2.57. The van der Waals surface area contributed by atoms with Crippen LogP contribution in [0.1, 0.15) is 44.2 Å². The molecule has 1 amide bonds. The van der Waals surface area contributed by atoms with Gasteiger partial charge in [-0.2, -0.15) is 0 Å². The molecule has 0 aromatic carbocycles. The summed E-state index contributed by atoms with van der Waals surface area (Å²) in [5.74, 6) is 0.702. The average molecular weight is 253 g/mol. The van der Waals surface area contributed by atoms with E-state index in [2.05, 4.69) is 15.7 Å². The molecule has 94 valence electrons. The van der Waals surface area contributed by atoms with Crippen molar-refractivity contribution in [1.29, 1.82) is 0 Å². The molecule has 1 atom stereocenters. The molecule has 0 spiro atoms. The Hall–Kier alpha value is -0.940. The van der Waals surface area contributed by atoms with E-state index in [4.69, 9.17) is 5.73 Å². The van der Waals surface area contributed by atoms with Crippen LogP contribution in [0.3, 0.4) is 0 Å². The molecule has 4 nitrogen and oxygen atoms in total. The number of nitrogens with zero attached hydrogens (tertiary/aromatic N) is 1. The van der Waals surface area contributed by atoms with Crippen LogP contribution in [0.25, 0.3) is 0 Å². The molecule has 17 heavy (non-hydrogen) atoms. The van der Waals surface area contributed by atoms with Crippen LogP contribution in [-0.4, -0.2) is 17.4 Å². The number of nitrogens with two attached hydrogens (primary N) is 1. The summed E-state index contributed by atoms with van der Waals surface area (Å²) in [6, 6.07) is 0. The summed E-state index contributed by atoms with van der Waals surface area (Å²) in [5.41, 5.74) is 6.57. The number of thiazole rings is 1. The molecular weight excluding hydrogens is 234 g/mol. The van der Waals surface area contributed by atoms with Gasteiger partial charge in [-0.3, -0.25) is 4.79 Å².